The van der Waals surface area contributed by atoms with Gasteiger partial charge in [0.25, 0.3) is 0 Å². The van der Waals surface area contributed by atoms with E-state index in [-0.39, 0.29) is 6.42 Å². The molecule has 16 heavy (non-hydrogen) atoms. The van der Waals surface area contributed by atoms with Gasteiger partial charge in [-0.15, -0.1) is 0 Å². The molecule has 0 saturated heterocycles. The highest BCUT2D eigenvalue weighted by atomic mass is 19.4. The van der Waals surface area contributed by atoms with Crippen molar-refractivity contribution >= 4 is 5.91 Å². The Labute approximate surface area is 89.4 Å². The zero-order valence-electron chi connectivity index (χ0n) is 8.12. The van der Waals surface area contributed by atoms with Gasteiger partial charge in [0.2, 0.25) is 5.91 Å². The lowest BCUT2D eigenvalue weighted by Crippen LogP contribution is -2.30. The van der Waals surface area contributed by atoms with Crippen molar-refractivity contribution in [3.8, 4) is 0 Å². The largest absolute Gasteiger partial charge is 0.414 e. The van der Waals surface area contributed by atoms with Gasteiger partial charge in [-0.2, -0.15) is 13.2 Å². The van der Waals surface area contributed by atoms with E-state index in [0.717, 1.165) is 0 Å². The van der Waals surface area contributed by atoms with E-state index in [4.69, 9.17) is 0 Å². The summed E-state index contributed by atoms with van der Waals surface area (Å²) in [6.45, 7) is -1.50. The number of halogens is 3. The highest BCUT2D eigenvalue weighted by molar-refractivity contribution is 5.77. The Morgan fingerprint density at radius 2 is 2.00 bits per heavy atom. The van der Waals surface area contributed by atoms with Crippen LogP contribution in [0, 0.1) is 0 Å². The third kappa shape index (κ3) is 5.30. The van der Waals surface area contributed by atoms with Crippen molar-refractivity contribution in [3.63, 3.8) is 0 Å². The standard InChI is InChI=1S/C9H9F3N2O2/c10-9(11,12)6-16-14-8(15)5-7-1-3-13-4-2-7/h1-4H,5-6H2,(H,14,15). The highest BCUT2D eigenvalue weighted by Crippen LogP contribution is 2.13. The molecule has 88 valence electrons. The third-order valence-electron chi connectivity index (χ3n) is 1.54. The predicted molar refractivity (Wildman–Crippen MR) is 48.1 cm³/mol. The SMILES string of the molecule is O=C(Cc1ccncc1)NOCC(F)(F)F. The minimum Gasteiger partial charge on any atom is -0.272 e. The molecule has 4 nitrogen and oxygen atoms in total. The molecule has 0 aliphatic carbocycles. The van der Waals surface area contributed by atoms with E-state index in [1.165, 1.54) is 12.4 Å². The molecule has 1 aromatic heterocycles. The number of pyridine rings is 1. The number of carbonyl (C=O) groups is 1. The van der Waals surface area contributed by atoms with E-state index in [2.05, 4.69) is 9.82 Å². The van der Waals surface area contributed by atoms with E-state index in [1.54, 1.807) is 17.6 Å². The Morgan fingerprint density at radius 1 is 1.38 bits per heavy atom. The van der Waals surface area contributed by atoms with Gasteiger partial charge in [0.05, 0.1) is 6.42 Å². The second kappa shape index (κ2) is 5.45. The van der Waals surface area contributed by atoms with Crippen LogP contribution in [-0.4, -0.2) is 23.7 Å². The zero-order chi connectivity index (χ0) is 12.0. The summed E-state index contributed by atoms with van der Waals surface area (Å²) in [6.07, 6.45) is -1.54. The summed E-state index contributed by atoms with van der Waals surface area (Å²) in [6, 6.07) is 3.17. The average Bonchev–Trinajstić information content (AvgIpc) is 2.17. The second-order valence-electron chi connectivity index (χ2n) is 2.96. The monoisotopic (exact) mass is 234 g/mol. The summed E-state index contributed by atoms with van der Waals surface area (Å²) in [4.78, 5) is 18.8. The molecule has 0 fully saturated rings. The Balaban J connectivity index is 2.27. The van der Waals surface area contributed by atoms with Crippen molar-refractivity contribution in [2.45, 2.75) is 12.6 Å². The maximum Gasteiger partial charge on any atom is 0.414 e. The van der Waals surface area contributed by atoms with Crippen LogP contribution in [0.1, 0.15) is 5.56 Å². The lowest BCUT2D eigenvalue weighted by atomic mass is 10.2. The van der Waals surface area contributed by atoms with Crippen LogP contribution in [-0.2, 0) is 16.1 Å². The molecular weight excluding hydrogens is 225 g/mol. The molecule has 0 bridgehead atoms. The maximum atomic E-state index is 11.6. The number of hydroxylamine groups is 1. The van der Waals surface area contributed by atoms with E-state index < -0.39 is 18.7 Å². The molecule has 1 aromatic rings. The molecule has 1 rings (SSSR count). The highest BCUT2D eigenvalue weighted by Gasteiger charge is 2.28. The van der Waals surface area contributed by atoms with Crippen molar-refractivity contribution < 1.29 is 22.8 Å². The van der Waals surface area contributed by atoms with Crippen molar-refractivity contribution in [2.24, 2.45) is 0 Å². The third-order valence-corrected chi connectivity index (χ3v) is 1.54. The quantitative estimate of drug-likeness (QED) is 0.797. The molecule has 1 amide bonds. The normalized spacial score (nSPS) is 11.2. The lowest BCUT2D eigenvalue weighted by Gasteiger charge is -2.08. The molecule has 7 heteroatoms. The molecule has 1 heterocycles. The number of amides is 1. The van der Waals surface area contributed by atoms with E-state index >= 15 is 0 Å². The van der Waals surface area contributed by atoms with Gasteiger partial charge >= 0.3 is 6.18 Å². The summed E-state index contributed by atoms with van der Waals surface area (Å²) in [5, 5.41) is 0. The van der Waals surface area contributed by atoms with Gasteiger partial charge in [0, 0.05) is 12.4 Å². The second-order valence-corrected chi connectivity index (χ2v) is 2.96. The van der Waals surface area contributed by atoms with Crippen LogP contribution in [0.5, 0.6) is 0 Å². The number of alkyl halides is 3. The van der Waals surface area contributed by atoms with Crippen LogP contribution in [0.25, 0.3) is 0 Å². The summed E-state index contributed by atoms with van der Waals surface area (Å²) < 4.78 is 34.9. The molecule has 1 N–H and O–H groups in total. The summed E-state index contributed by atoms with van der Waals surface area (Å²) in [5.41, 5.74) is 2.35. The molecule has 0 aliphatic heterocycles. The molecule has 0 atom stereocenters. The maximum absolute atomic E-state index is 11.6. The Hall–Kier alpha value is -1.63. The average molecular weight is 234 g/mol. The first-order valence-electron chi connectivity index (χ1n) is 4.33. The van der Waals surface area contributed by atoms with Gasteiger partial charge in [-0.1, -0.05) is 0 Å². The summed E-state index contributed by atoms with van der Waals surface area (Å²) in [5.74, 6) is -0.643. The minimum atomic E-state index is -4.45. The molecule has 0 unspecified atom stereocenters. The number of hydrogen-bond acceptors (Lipinski definition) is 3. The summed E-state index contributed by atoms with van der Waals surface area (Å²) >= 11 is 0. The van der Waals surface area contributed by atoms with Crippen LogP contribution in [0.2, 0.25) is 0 Å². The molecule has 0 aliphatic rings. The number of carbonyl (C=O) groups excluding carboxylic acids is 1. The van der Waals surface area contributed by atoms with E-state index in [1.807, 2.05) is 0 Å². The van der Waals surface area contributed by atoms with E-state index in [9.17, 15) is 18.0 Å². The molecule has 0 aromatic carbocycles. The number of nitrogens with zero attached hydrogens (tertiary/aromatic N) is 1. The van der Waals surface area contributed by atoms with Crippen molar-refractivity contribution in [3.05, 3.63) is 30.1 Å². The van der Waals surface area contributed by atoms with Gasteiger partial charge in [0.1, 0.15) is 0 Å². The fourth-order valence-electron chi connectivity index (χ4n) is 0.921. The number of nitrogens with one attached hydrogen (secondary N) is 1. The molecule has 0 spiro atoms. The van der Waals surface area contributed by atoms with Gasteiger partial charge in [-0.3, -0.25) is 14.6 Å². The van der Waals surface area contributed by atoms with E-state index in [0.29, 0.717) is 5.56 Å². The predicted octanol–water partition coefficient (Wildman–Crippen LogP) is 1.23. The van der Waals surface area contributed by atoms with Crippen LogP contribution in [0.15, 0.2) is 24.5 Å². The van der Waals surface area contributed by atoms with Gasteiger partial charge < -0.3 is 0 Å². The van der Waals surface area contributed by atoms with Crippen LogP contribution >= 0.6 is 0 Å². The first kappa shape index (κ1) is 12.4. The minimum absolute atomic E-state index is 0.0552. The Morgan fingerprint density at radius 3 is 2.56 bits per heavy atom. The van der Waals surface area contributed by atoms with Gasteiger partial charge in [0.15, 0.2) is 6.61 Å². The topological polar surface area (TPSA) is 51.2 Å². The zero-order valence-corrected chi connectivity index (χ0v) is 8.12. The molecule has 0 saturated carbocycles. The number of aromatic nitrogens is 1. The smallest absolute Gasteiger partial charge is 0.272 e. The molecule has 0 radical (unpaired) electrons. The number of hydrogen-bond donors (Lipinski definition) is 1. The lowest BCUT2D eigenvalue weighted by molar-refractivity contribution is -0.191. The van der Waals surface area contributed by atoms with Crippen LogP contribution < -0.4 is 5.48 Å². The Kier molecular flexibility index (Phi) is 4.24. The molecular formula is C9H9F3N2O2. The van der Waals surface area contributed by atoms with Crippen molar-refractivity contribution in [1.29, 1.82) is 0 Å². The van der Waals surface area contributed by atoms with Crippen LogP contribution in [0.3, 0.4) is 0 Å². The van der Waals surface area contributed by atoms with Gasteiger partial charge in [-0.05, 0) is 17.7 Å². The fraction of sp³-hybridized carbons (Fsp3) is 0.333. The Bertz CT molecular complexity index is 340. The first-order chi connectivity index (χ1) is 7.47. The van der Waals surface area contributed by atoms with Crippen LogP contribution in [0.4, 0.5) is 13.2 Å². The van der Waals surface area contributed by atoms with Crippen molar-refractivity contribution in [1.82, 2.24) is 10.5 Å². The fourth-order valence-corrected chi connectivity index (χ4v) is 0.921. The number of rotatable bonds is 4. The van der Waals surface area contributed by atoms with Gasteiger partial charge in [-0.25, -0.2) is 5.48 Å². The first-order valence-corrected chi connectivity index (χ1v) is 4.33. The summed E-state index contributed by atoms with van der Waals surface area (Å²) in [7, 11) is 0. The van der Waals surface area contributed by atoms with Crippen molar-refractivity contribution in [2.75, 3.05) is 6.61 Å².